The van der Waals surface area contributed by atoms with Crippen molar-refractivity contribution in [1.82, 2.24) is 0 Å². The lowest BCUT2D eigenvalue weighted by molar-refractivity contribution is -0.138. The number of alkyl halides is 6. The summed E-state index contributed by atoms with van der Waals surface area (Å²) in [6, 6.07) is 7.19. The van der Waals surface area contributed by atoms with Crippen LogP contribution in [0.2, 0.25) is 0 Å². The van der Waals surface area contributed by atoms with Gasteiger partial charge in [0.05, 0.1) is 22.3 Å². The standard InChI is InChI=1S/C14H18BF3O2.C8H6BrF3/c1-9-8-10(14(16,17)18)6-7-11(9)15-19-12(2,3)13(4,5)20-15;1-5-4-6(8(10,11)12)2-3-7(5)9/h6-8H,1-5H3;2-4H,1H3. The van der Waals surface area contributed by atoms with Gasteiger partial charge in [-0.25, -0.2) is 0 Å². The van der Waals surface area contributed by atoms with E-state index in [4.69, 9.17) is 9.31 Å². The fraction of sp³-hybridized carbons (Fsp3) is 0.455. The Bertz CT molecular complexity index is 954. The van der Waals surface area contributed by atoms with Crippen molar-refractivity contribution in [2.24, 2.45) is 0 Å². The molecule has 1 heterocycles. The summed E-state index contributed by atoms with van der Waals surface area (Å²) in [5.74, 6) is 0. The average molecular weight is 525 g/mol. The number of halogens is 7. The number of aryl methyl sites for hydroxylation is 2. The number of rotatable bonds is 1. The summed E-state index contributed by atoms with van der Waals surface area (Å²) in [4.78, 5) is 0. The Morgan fingerprint density at radius 2 is 1.12 bits per heavy atom. The molecule has 0 unspecified atom stereocenters. The quantitative estimate of drug-likeness (QED) is 0.293. The summed E-state index contributed by atoms with van der Waals surface area (Å²) < 4.78 is 86.6. The molecule has 1 aliphatic heterocycles. The fourth-order valence-corrected chi connectivity index (χ4v) is 3.15. The van der Waals surface area contributed by atoms with E-state index < -0.39 is 41.8 Å². The number of benzene rings is 2. The second kappa shape index (κ2) is 9.03. The van der Waals surface area contributed by atoms with Crippen LogP contribution in [-0.2, 0) is 21.7 Å². The van der Waals surface area contributed by atoms with Gasteiger partial charge in [0.25, 0.3) is 0 Å². The van der Waals surface area contributed by atoms with E-state index in [1.807, 2.05) is 27.7 Å². The Morgan fingerprint density at radius 3 is 1.50 bits per heavy atom. The molecule has 1 saturated heterocycles. The molecule has 0 bridgehead atoms. The van der Waals surface area contributed by atoms with Crippen LogP contribution in [0.15, 0.2) is 40.9 Å². The summed E-state index contributed by atoms with van der Waals surface area (Å²) in [5, 5.41) is 0. The summed E-state index contributed by atoms with van der Waals surface area (Å²) >= 11 is 3.13. The van der Waals surface area contributed by atoms with E-state index in [2.05, 4.69) is 15.9 Å². The lowest BCUT2D eigenvalue weighted by Gasteiger charge is -2.32. The molecule has 176 valence electrons. The van der Waals surface area contributed by atoms with E-state index in [0.29, 0.717) is 21.1 Å². The molecule has 1 aliphatic rings. The maximum atomic E-state index is 12.7. The maximum Gasteiger partial charge on any atom is 0.495 e. The molecule has 2 aromatic rings. The predicted octanol–water partition coefficient (Wildman–Crippen LogP) is 7.09. The van der Waals surface area contributed by atoms with Gasteiger partial charge in [0, 0.05) is 4.47 Å². The van der Waals surface area contributed by atoms with E-state index in [-0.39, 0.29) is 0 Å². The molecule has 0 saturated carbocycles. The van der Waals surface area contributed by atoms with E-state index in [9.17, 15) is 26.3 Å². The molecular formula is C22H24BBrF6O2. The zero-order valence-corrected chi connectivity index (χ0v) is 20.1. The van der Waals surface area contributed by atoms with Gasteiger partial charge in [0.2, 0.25) is 0 Å². The number of hydrogen-bond acceptors (Lipinski definition) is 2. The maximum absolute atomic E-state index is 12.7. The first-order chi connectivity index (χ1) is 14.3. The first-order valence-electron chi connectivity index (χ1n) is 9.72. The van der Waals surface area contributed by atoms with E-state index in [1.54, 1.807) is 13.8 Å². The smallest absolute Gasteiger partial charge is 0.399 e. The molecular weight excluding hydrogens is 501 g/mol. The highest BCUT2D eigenvalue weighted by molar-refractivity contribution is 9.10. The van der Waals surface area contributed by atoms with Crippen LogP contribution < -0.4 is 5.46 Å². The van der Waals surface area contributed by atoms with E-state index >= 15 is 0 Å². The van der Waals surface area contributed by atoms with Crippen molar-refractivity contribution in [1.29, 1.82) is 0 Å². The molecule has 0 aromatic heterocycles. The third-order valence-corrected chi connectivity index (χ3v) is 6.48. The van der Waals surface area contributed by atoms with Gasteiger partial charge in [-0.05, 0) is 76.8 Å². The zero-order chi connectivity index (χ0) is 24.7. The highest BCUT2D eigenvalue weighted by Gasteiger charge is 2.52. The Labute approximate surface area is 192 Å². The number of hydrogen-bond donors (Lipinski definition) is 0. The van der Waals surface area contributed by atoms with Crippen molar-refractivity contribution in [3.05, 3.63) is 63.1 Å². The average Bonchev–Trinajstić information content (AvgIpc) is 2.83. The molecule has 2 aromatic carbocycles. The van der Waals surface area contributed by atoms with E-state index in [1.165, 1.54) is 12.1 Å². The van der Waals surface area contributed by atoms with Gasteiger partial charge in [-0.3, -0.25) is 0 Å². The topological polar surface area (TPSA) is 18.5 Å². The highest BCUT2D eigenvalue weighted by atomic mass is 79.9. The molecule has 1 fully saturated rings. The monoisotopic (exact) mass is 524 g/mol. The zero-order valence-electron chi connectivity index (χ0n) is 18.5. The van der Waals surface area contributed by atoms with Crippen molar-refractivity contribution in [3.63, 3.8) is 0 Å². The normalized spacial score (nSPS) is 17.7. The molecule has 0 radical (unpaired) electrons. The van der Waals surface area contributed by atoms with Crippen LogP contribution in [0.4, 0.5) is 26.3 Å². The molecule has 2 nitrogen and oxygen atoms in total. The molecule has 32 heavy (non-hydrogen) atoms. The van der Waals surface area contributed by atoms with Crippen LogP contribution >= 0.6 is 15.9 Å². The lowest BCUT2D eigenvalue weighted by Crippen LogP contribution is -2.41. The summed E-state index contributed by atoms with van der Waals surface area (Å²) in [6.45, 7) is 10.9. The summed E-state index contributed by atoms with van der Waals surface area (Å²) in [5.41, 5.74) is -0.544. The van der Waals surface area contributed by atoms with Crippen LogP contribution in [0.25, 0.3) is 0 Å². The molecule has 0 N–H and O–H groups in total. The Balaban J connectivity index is 0.000000258. The van der Waals surface area contributed by atoms with Crippen LogP contribution in [0.1, 0.15) is 49.9 Å². The summed E-state index contributed by atoms with van der Waals surface area (Å²) in [7, 11) is -0.637. The van der Waals surface area contributed by atoms with Crippen molar-refractivity contribution in [3.8, 4) is 0 Å². The molecule has 0 atom stereocenters. The summed E-state index contributed by atoms with van der Waals surface area (Å²) in [6.07, 6.45) is -8.58. The van der Waals surface area contributed by atoms with Crippen LogP contribution in [0, 0.1) is 13.8 Å². The van der Waals surface area contributed by atoms with E-state index in [0.717, 1.165) is 24.3 Å². The van der Waals surface area contributed by atoms with Crippen molar-refractivity contribution in [2.45, 2.75) is 65.1 Å². The van der Waals surface area contributed by atoms with Gasteiger partial charge < -0.3 is 9.31 Å². The van der Waals surface area contributed by atoms with Crippen molar-refractivity contribution < 1.29 is 35.7 Å². The van der Waals surface area contributed by atoms with Crippen LogP contribution in [-0.4, -0.2) is 18.3 Å². The lowest BCUT2D eigenvalue weighted by atomic mass is 9.76. The van der Waals surface area contributed by atoms with Gasteiger partial charge >= 0.3 is 19.5 Å². The minimum Gasteiger partial charge on any atom is -0.399 e. The van der Waals surface area contributed by atoms with Crippen molar-refractivity contribution >= 4 is 28.5 Å². The SMILES string of the molecule is Cc1cc(C(F)(F)F)ccc1B1OC(C)(C)C(C)(C)O1.Cc1cc(C(F)(F)F)ccc1Br. The van der Waals surface area contributed by atoms with Crippen molar-refractivity contribution in [2.75, 3.05) is 0 Å². The van der Waals surface area contributed by atoms with Gasteiger partial charge in [-0.15, -0.1) is 0 Å². The minimum absolute atomic E-state index is 0.507. The molecule has 0 aliphatic carbocycles. The molecule has 0 amide bonds. The van der Waals surface area contributed by atoms with Crippen LogP contribution in [0.3, 0.4) is 0 Å². The largest absolute Gasteiger partial charge is 0.495 e. The van der Waals surface area contributed by atoms with Gasteiger partial charge in [-0.1, -0.05) is 33.6 Å². The second-order valence-electron chi connectivity index (χ2n) is 8.62. The highest BCUT2D eigenvalue weighted by Crippen LogP contribution is 2.37. The second-order valence-corrected chi connectivity index (χ2v) is 9.47. The Hall–Kier alpha value is -1.52. The van der Waals surface area contributed by atoms with Gasteiger partial charge in [0.15, 0.2) is 0 Å². The first-order valence-corrected chi connectivity index (χ1v) is 10.5. The Kier molecular flexibility index (Phi) is 7.54. The Morgan fingerprint density at radius 1 is 0.719 bits per heavy atom. The third kappa shape index (κ3) is 6.08. The third-order valence-electron chi connectivity index (χ3n) is 5.59. The van der Waals surface area contributed by atoms with Gasteiger partial charge in [-0.2, -0.15) is 26.3 Å². The molecule has 3 rings (SSSR count). The molecule has 0 spiro atoms. The van der Waals surface area contributed by atoms with Gasteiger partial charge in [0.1, 0.15) is 0 Å². The fourth-order valence-electron chi connectivity index (χ4n) is 2.91. The van der Waals surface area contributed by atoms with Crippen LogP contribution in [0.5, 0.6) is 0 Å². The first kappa shape index (κ1) is 26.7. The minimum atomic E-state index is -4.33. The molecule has 10 heteroatoms. The predicted molar refractivity (Wildman–Crippen MR) is 116 cm³/mol.